The van der Waals surface area contributed by atoms with Gasteiger partial charge in [0.1, 0.15) is 11.9 Å². The van der Waals surface area contributed by atoms with Crippen LogP contribution in [-0.4, -0.2) is 35.8 Å². The fourth-order valence-electron chi connectivity index (χ4n) is 2.32. The third-order valence-electron chi connectivity index (χ3n) is 3.49. The fraction of sp³-hybridized carbons (Fsp3) is 0.429. The molecule has 1 heterocycles. The zero-order valence-corrected chi connectivity index (χ0v) is 12.2. The quantitative estimate of drug-likeness (QED) is 0.841. The van der Waals surface area contributed by atoms with Crippen LogP contribution in [0.2, 0.25) is 5.02 Å². The molecule has 2 amide bonds. The van der Waals surface area contributed by atoms with Crippen LogP contribution in [0.25, 0.3) is 0 Å². The van der Waals surface area contributed by atoms with Crippen LogP contribution in [0.5, 0.6) is 0 Å². The highest BCUT2D eigenvalue weighted by molar-refractivity contribution is 6.31. The molecule has 4 nitrogen and oxygen atoms in total. The minimum Gasteiger partial charge on any atom is -0.329 e. The number of hydrogen-bond donors (Lipinski definition) is 0. The monoisotopic (exact) mass is 298 g/mol. The summed E-state index contributed by atoms with van der Waals surface area (Å²) < 4.78 is 13.2. The Hall–Kier alpha value is -1.62. The minimum absolute atomic E-state index is 0.0185. The first-order chi connectivity index (χ1) is 9.45. The topological polar surface area (TPSA) is 40.6 Å². The van der Waals surface area contributed by atoms with Crippen LogP contribution in [0.15, 0.2) is 18.2 Å². The van der Waals surface area contributed by atoms with Gasteiger partial charge in [-0.15, -0.1) is 0 Å². The predicted octanol–water partition coefficient (Wildman–Crippen LogP) is 2.45. The second-order valence-corrected chi connectivity index (χ2v) is 5.11. The Kier molecular flexibility index (Phi) is 4.28. The maximum atomic E-state index is 13.2. The van der Waals surface area contributed by atoms with Gasteiger partial charge in [0.25, 0.3) is 0 Å². The van der Waals surface area contributed by atoms with Crippen LogP contribution in [0.3, 0.4) is 0 Å². The summed E-state index contributed by atoms with van der Waals surface area (Å²) in [6.07, 6.45) is 0.375. The SMILES string of the molecule is CCC(=O)N1CCN(c2ccc(F)c(Cl)c2)C(=O)[C@H]1C. The third-order valence-corrected chi connectivity index (χ3v) is 3.78. The highest BCUT2D eigenvalue weighted by Gasteiger charge is 2.34. The van der Waals surface area contributed by atoms with Gasteiger partial charge < -0.3 is 9.80 Å². The van der Waals surface area contributed by atoms with Crippen molar-refractivity contribution in [3.05, 3.63) is 29.0 Å². The summed E-state index contributed by atoms with van der Waals surface area (Å²) >= 11 is 5.74. The van der Waals surface area contributed by atoms with Crippen LogP contribution in [0.4, 0.5) is 10.1 Å². The highest BCUT2D eigenvalue weighted by atomic mass is 35.5. The van der Waals surface area contributed by atoms with E-state index in [1.165, 1.54) is 23.1 Å². The molecule has 1 aromatic carbocycles. The lowest BCUT2D eigenvalue weighted by Crippen LogP contribution is -2.57. The summed E-state index contributed by atoms with van der Waals surface area (Å²) in [4.78, 5) is 27.2. The first-order valence-electron chi connectivity index (χ1n) is 6.51. The van der Waals surface area contributed by atoms with Crippen molar-refractivity contribution in [3.63, 3.8) is 0 Å². The van der Waals surface area contributed by atoms with Gasteiger partial charge in [0.15, 0.2) is 0 Å². The summed E-state index contributed by atoms with van der Waals surface area (Å²) in [5.74, 6) is -0.737. The van der Waals surface area contributed by atoms with E-state index in [0.29, 0.717) is 25.2 Å². The molecular formula is C14H16ClFN2O2. The van der Waals surface area contributed by atoms with E-state index in [1.54, 1.807) is 18.7 Å². The summed E-state index contributed by atoms with van der Waals surface area (Å²) in [6, 6.07) is 3.67. The molecule has 1 atom stereocenters. The van der Waals surface area contributed by atoms with Gasteiger partial charge in [0.05, 0.1) is 5.02 Å². The summed E-state index contributed by atoms with van der Waals surface area (Å²) in [5.41, 5.74) is 0.553. The Morgan fingerprint density at radius 3 is 2.75 bits per heavy atom. The van der Waals surface area contributed by atoms with Crippen molar-refractivity contribution in [3.8, 4) is 0 Å². The van der Waals surface area contributed by atoms with E-state index in [1.807, 2.05) is 0 Å². The third kappa shape index (κ3) is 2.63. The molecule has 1 aliphatic heterocycles. The Morgan fingerprint density at radius 1 is 1.45 bits per heavy atom. The van der Waals surface area contributed by atoms with Gasteiger partial charge in [0, 0.05) is 25.2 Å². The number of amides is 2. The predicted molar refractivity (Wildman–Crippen MR) is 75.2 cm³/mol. The molecule has 0 N–H and O–H groups in total. The van der Waals surface area contributed by atoms with Crippen molar-refractivity contribution < 1.29 is 14.0 Å². The van der Waals surface area contributed by atoms with Gasteiger partial charge >= 0.3 is 0 Å². The number of piperazine rings is 1. The molecule has 1 aromatic rings. The smallest absolute Gasteiger partial charge is 0.249 e. The normalized spacial score (nSPS) is 19.4. The molecular weight excluding hydrogens is 283 g/mol. The number of rotatable bonds is 2. The van der Waals surface area contributed by atoms with Crippen molar-refractivity contribution in [2.45, 2.75) is 26.3 Å². The minimum atomic E-state index is -0.518. The molecule has 1 saturated heterocycles. The Labute approximate surface area is 122 Å². The number of benzene rings is 1. The molecule has 1 fully saturated rings. The van der Waals surface area contributed by atoms with E-state index >= 15 is 0 Å². The number of hydrogen-bond acceptors (Lipinski definition) is 2. The summed E-state index contributed by atoms with van der Waals surface area (Å²) in [5, 5.41) is -0.0185. The Bertz CT molecular complexity index is 550. The van der Waals surface area contributed by atoms with Gasteiger partial charge in [-0.2, -0.15) is 0 Å². The molecule has 0 aromatic heterocycles. The largest absolute Gasteiger partial charge is 0.329 e. The summed E-state index contributed by atoms with van der Waals surface area (Å²) in [7, 11) is 0. The van der Waals surface area contributed by atoms with Crippen LogP contribution in [0.1, 0.15) is 20.3 Å². The number of halogens is 2. The molecule has 0 aliphatic carbocycles. The number of anilines is 1. The fourth-order valence-corrected chi connectivity index (χ4v) is 2.50. The number of carbonyl (C=O) groups is 2. The molecule has 0 radical (unpaired) electrons. The van der Waals surface area contributed by atoms with Gasteiger partial charge in [0.2, 0.25) is 11.8 Å². The second kappa shape index (κ2) is 5.79. The van der Waals surface area contributed by atoms with Crippen molar-refractivity contribution in [2.75, 3.05) is 18.0 Å². The van der Waals surface area contributed by atoms with E-state index in [-0.39, 0.29) is 16.8 Å². The maximum absolute atomic E-state index is 13.2. The lowest BCUT2D eigenvalue weighted by molar-refractivity contribution is -0.140. The molecule has 20 heavy (non-hydrogen) atoms. The zero-order chi connectivity index (χ0) is 14.9. The lowest BCUT2D eigenvalue weighted by Gasteiger charge is -2.39. The molecule has 0 unspecified atom stereocenters. The highest BCUT2D eigenvalue weighted by Crippen LogP contribution is 2.25. The van der Waals surface area contributed by atoms with E-state index in [4.69, 9.17) is 11.6 Å². The molecule has 1 aliphatic rings. The van der Waals surface area contributed by atoms with Gasteiger partial charge in [-0.1, -0.05) is 18.5 Å². The Balaban J connectivity index is 2.22. The first kappa shape index (κ1) is 14.8. The average molecular weight is 299 g/mol. The molecule has 0 spiro atoms. The zero-order valence-electron chi connectivity index (χ0n) is 11.4. The van der Waals surface area contributed by atoms with Crippen LogP contribution < -0.4 is 4.90 Å². The number of carbonyl (C=O) groups excluding carboxylic acids is 2. The van der Waals surface area contributed by atoms with Crippen molar-refractivity contribution >= 4 is 29.1 Å². The standard InChI is InChI=1S/C14H16ClFN2O2/c1-3-13(19)17-6-7-18(14(20)9(17)2)10-4-5-12(16)11(15)8-10/h4-5,8-9H,3,6-7H2,1-2H3/t9-/m1/s1. The van der Waals surface area contributed by atoms with Crippen LogP contribution >= 0.6 is 11.6 Å². The van der Waals surface area contributed by atoms with Gasteiger partial charge in [-0.05, 0) is 25.1 Å². The van der Waals surface area contributed by atoms with Crippen molar-refractivity contribution in [2.24, 2.45) is 0 Å². The first-order valence-corrected chi connectivity index (χ1v) is 6.89. The molecule has 2 rings (SSSR count). The lowest BCUT2D eigenvalue weighted by atomic mass is 10.1. The van der Waals surface area contributed by atoms with Crippen molar-refractivity contribution in [1.29, 1.82) is 0 Å². The van der Waals surface area contributed by atoms with E-state index < -0.39 is 11.9 Å². The van der Waals surface area contributed by atoms with E-state index in [9.17, 15) is 14.0 Å². The Morgan fingerprint density at radius 2 is 2.15 bits per heavy atom. The van der Waals surface area contributed by atoms with Crippen LogP contribution in [0, 0.1) is 5.82 Å². The van der Waals surface area contributed by atoms with Gasteiger partial charge in [-0.3, -0.25) is 9.59 Å². The molecule has 0 bridgehead atoms. The van der Waals surface area contributed by atoms with Crippen molar-refractivity contribution in [1.82, 2.24) is 4.90 Å². The number of nitrogens with zero attached hydrogens (tertiary/aromatic N) is 2. The maximum Gasteiger partial charge on any atom is 0.249 e. The van der Waals surface area contributed by atoms with E-state index in [2.05, 4.69) is 0 Å². The molecule has 0 saturated carbocycles. The second-order valence-electron chi connectivity index (χ2n) is 4.70. The molecule has 108 valence electrons. The summed E-state index contributed by atoms with van der Waals surface area (Å²) in [6.45, 7) is 4.32. The van der Waals surface area contributed by atoms with E-state index in [0.717, 1.165) is 0 Å². The molecule has 6 heteroatoms. The van der Waals surface area contributed by atoms with Crippen LogP contribution in [-0.2, 0) is 9.59 Å². The average Bonchev–Trinajstić information content (AvgIpc) is 2.44. The van der Waals surface area contributed by atoms with Gasteiger partial charge in [-0.25, -0.2) is 4.39 Å².